The fourth-order valence-electron chi connectivity index (χ4n) is 2.06. The molecule has 1 N–H and O–H groups in total. The average Bonchev–Trinajstić information content (AvgIpc) is 3.05. The highest BCUT2D eigenvalue weighted by atomic mass is 32.2. The molecule has 0 unspecified atom stereocenters. The van der Waals surface area contributed by atoms with E-state index in [1.807, 2.05) is 19.4 Å². The summed E-state index contributed by atoms with van der Waals surface area (Å²) in [6.45, 7) is 3.26. The lowest BCUT2D eigenvalue weighted by molar-refractivity contribution is 0.403. The number of nitrogens with zero attached hydrogens (tertiary/aromatic N) is 1. The van der Waals surface area contributed by atoms with Crippen LogP contribution >= 0.6 is 11.3 Å². The van der Waals surface area contributed by atoms with Gasteiger partial charge in [0.1, 0.15) is 0 Å². The van der Waals surface area contributed by atoms with Crippen LogP contribution in [0.4, 0.5) is 0 Å². The molecule has 1 heterocycles. The lowest BCUT2D eigenvalue weighted by Crippen LogP contribution is -2.34. The van der Waals surface area contributed by atoms with E-state index in [2.05, 4.69) is 5.32 Å². The quantitative estimate of drug-likeness (QED) is 0.835. The van der Waals surface area contributed by atoms with Gasteiger partial charge in [-0.1, -0.05) is 6.92 Å². The van der Waals surface area contributed by atoms with Crippen molar-refractivity contribution in [3.63, 3.8) is 0 Å². The second kappa shape index (κ2) is 5.69. The fraction of sp³-hybridized carbons (Fsp3) is 0.667. The molecule has 0 aromatic carbocycles. The average molecular weight is 288 g/mol. The molecule has 102 valence electrons. The molecule has 1 aromatic rings. The van der Waals surface area contributed by atoms with Gasteiger partial charge in [-0.2, -0.15) is 4.31 Å². The molecule has 2 rings (SSSR count). The maximum absolute atomic E-state index is 12.7. The molecule has 0 aliphatic heterocycles. The van der Waals surface area contributed by atoms with Crippen LogP contribution in [0.25, 0.3) is 0 Å². The van der Waals surface area contributed by atoms with Crippen LogP contribution in [0.5, 0.6) is 0 Å². The normalized spacial score (nSPS) is 16.4. The zero-order valence-corrected chi connectivity index (χ0v) is 12.5. The molecule has 0 spiro atoms. The number of thiophene rings is 1. The zero-order valence-electron chi connectivity index (χ0n) is 10.8. The van der Waals surface area contributed by atoms with Crippen molar-refractivity contribution in [1.29, 1.82) is 0 Å². The lowest BCUT2D eigenvalue weighted by atomic mass is 10.4. The van der Waals surface area contributed by atoms with E-state index in [1.165, 1.54) is 11.3 Å². The lowest BCUT2D eigenvalue weighted by Gasteiger charge is -2.21. The molecule has 1 aromatic heterocycles. The predicted octanol–water partition coefficient (Wildman–Crippen LogP) is 2.03. The number of nitrogens with one attached hydrogen (secondary N) is 1. The van der Waals surface area contributed by atoms with Crippen molar-refractivity contribution in [3.05, 3.63) is 16.3 Å². The first-order chi connectivity index (χ1) is 8.61. The number of sulfonamides is 1. The van der Waals surface area contributed by atoms with E-state index in [4.69, 9.17) is 0 Å². The van der Waals surface area contributed by atoms with Crippen LogP contribution in [-0.4, -0.2) is 32.4 Å². The summed E-state index contributed by atoms with van der Waals surface area (Å²) >= 11 is 1.50. The smallest absolute Gasteiger partial charge is 0.244 e. The topological polar surface area (TPSA) is 49.4 Å². The summed E-state index contributed by atoms with van der Waals surface area (Å²) < 4.78 is 27.0. The van der Waals surface area contributed by atoms with Crippen LogP contribution in [-0.2, 0) is 16.6 Å². The molecule has 0 amide bonds. The zero-order chi connectivity index (χ0) is 13.2. The molecule has 1 fully saturated rings. The summed E-state index contributed by atoms with van der Waals surface area (Å²) in [7, 11) is -1.47. The Morgan fingerprint density at radius 3 is 2.78 bits per heavy atom. The van der Waals surface area contributed by atoms with Crippen LogP contribution in [0.15, 0.2) is 16.3 Å². The van der Waals surface area contributed by atoms with Crippen LogP contribution in [0.2, 0.25) is 0 Å². The van der Waals surface area contributed by atoms with Gasteiger partial charge in [-0.25, -0.2) is 8.42 Å². The third-order valence-corrected chi connectivity index (χ3v) is 6.11. The highest BCUT2D eigenvalue weighted by molar-refractivity contribution is 7.89. The van der Waals surface area contributed by atoms with Gasteiger partial charge in [0.05, 0.1) is 4.90 Å². The summed E-state index contributed by atoms with van der Waals surface area (Å²) in [5, 5.41) is 4.88. The SMILES string of the molecule is CCCN(C1CC1)S(=O)(=O)c1ccsc1CNC. The van der Waals surface area contributed by atoms with E-state index in [0.717, 1.165) is 24.1 Å². The Morgan fingerprint density at radius 1 is 1.50 bits per heavy atom. The predicted molar refractivity (Wildman–Crippen MR) is 74.3 cm³/mol. The number of hydrogen-bond donors (Lipinski definition) is 1. The largest absolute Gasteiger partial charge is 0.315 e. The molecule has 0 radical (unpaired) electrons. The Labute approximate surface area is 113 Å². The van der Waals surface area contributed by atoms with Gasteiger partial charge in [-0.15, -0.1) is 11.3 Å². The molecular formula is C12H20N2O2S2. The first-order valence-corrected chi connectivity index (χ1v) is 8.66. The fourth-order valence-corrected chi connectivity index (χ4v) is 5.26. The number of rotatable bonds is 7. The van der Waals surface area contributed by atoms with Crippen molar-refractivity contribution in [2.45, 2.75) is 43.7 Å². The monoisotopic (exact) mass is 288 g/mol. The Morgan fingerprint density at radius 2 is 2.22 bits per heavy atom. The molecule has 6 heteroatoms. The van der Waals surface area contributed by atoms with Crippen molar-refractivity contribution in [3.8, 4) is 0 Å². The molecule has 18 heavy (non-hydrogen) atoms. The molecule has 1 aliphatic carbocycles. The third-order valence-electron chi connectivity index (χ3n) is 3.03. The van der Waals surface area contributed by atoms with Gasteiger partial charge in [0.2, 0.25) is 10.0 Å². The van der Waals surface area contributed by atoms with E-state index in [0.29, 0.717) is 18.0 Å². The first kappa shape index (κ1) is 14.0. The van der Waals surface area contributed by atoms with Gasteiger partial charge in [0, 0.05) is 24.0 Å². The Kier molecular flexibility index (Phi) is 4.42. The standard InChI is InChI=1S/C12H20N2O2S2/c1-3-7-14(10-4-5-10)18(15,16)12-6-8-17-11(12)9-13-2/h6,8,10,13H,3-5,7,9H2,1-2H3. The molecule has 1 aliphatic rings. The third kappa shape index (κ3) is 2.77. The van der Waals surface area contributed by atoms with Crippen LogP contribution < -0.4 is 5.32 Å². The molecule has 0 saturated heterocycles. The number of hydrogen-bond acceptors (Lipinski definition) is 4. The Bertz CT molecular complexity index is 492. The minimum atomic E-state index is -3.31. The molecular weight excluding hydrogens is 268 g/mol. The van der Waals surface area contributed by atoms with Crippen LogP contribution in [0.1, 0.15) is 31.1 Å². The van der Waals surface area contributed by atoms with Gasteiger partial charge in [-0.05, 0) is 37.8 Å². The minimum absolute atomic E-state index is 0.234. The molecule has 4 nitrogen and oxygen atoms in total. The Hall–Kier alpha value is -0.430. The maximum Gasteiger partial charge on any atom is 0.244 e. The van der Waals surface area contributed by atoms with E-state index in [-0.39, 0.29) is 6.04 Å². The highest BCUT2D eigenvalue weighted by Gasteiger charge is 2.38. The summed E-state index contributed by atoms with van der Waals surface area (Å²) in [6.07, 6.45) is 2.87. The van der Waals surface area contributed by atoms with Gasteiger partial charge in [0.15, 0.2) is 0 Å². The van der Waals surface area contributed by atoms with Gasteiger partial charge in [0.25, 0.3) is 0 Å². The summed E-state index contributed by atoms with van der Waals surface area (Å²) in [5.41, 5.74) is 0. The summed E-state index contributed by atoms with van der Waals surface area (Å²) in [4.78, 5) is 1.39. The first-order valence-electron chi connectivity index (χ1n) is 6.34. The highest BCUT2D eigenvalue weighted by Crippen LogP contribution is 2.34. The van der Waals surface area contributed by atoms with Gasteiger partial charge in [-0.3, -0.25) is 0 Å². The van der Waals surface area contributed by atoms with E-state index in [9.17, 15) is 8.42 Å². The summed E-state index contributed by atoms with van der Waals surface area (Å²) in [6, 6.07) is 1.97. The van der Waals surface area contributed by atoms with E-state index >= 15 is 0 Å². The van der Waals surface area contributed by atoms with Crippen molar-refractivity contribution in [2.24, 2.45) is 0 Å². The second-order valence-electron chi connectivity index (χ2n) is 4.59. The molecule has 0 atom stereocenters. The summed E-state index contributed by atoms with van der Waals surface area (Å²) in [5.74, 6) is 0. The molecule has 1 saturated carbocycles. The van der Waals surface area contributed by atoms with Crippen molar-refractivity contribution in [1.82, 2.24) is 9.62 Å². The van der Waals surface area contributed by atoms with E-state index in [1.54, 1.807) is 10.4 Å². The minimum Gasteiger partial charge on any atom is -0.315 e. The second-order valence-corrected chi connectivity index (χ2v) is 7.44. The van der Waals surface area contributed by atoms with E-state index < -0.39 is 10.0 Å². The van der Waals surface area contributed by atoms with Gasteiger partial charge < -0.3 is 5.32 Å². The van der Waals surface area contributed by atoms with Gasteiger partial charge >= 0.3 is 0 Å². The van der Waals surface area contributed by atoms with Crippen LogP contribution in [0, 0.1) is 0 Å². The van der Waals surface area contributed by atoms with Crippen molar-refractivity contribution < 1.29 is 8.42 Å². The maximum atomic E-state index is 12.7. The Balaban J connectivity index is 2.30. The molecule has 0 bridgehead atoms. The van der Waals surface area contributed by atoms with Crippen molar-refractivity contribution in [2.75, 3.05) is 13.6 Å². The van der Waals surface area contributed by atoms with Crippen molar-refractivity contribution >= 4 is 21.4 Å². The van der Waals surface area contributed by atoms with Crippen LogP contribution in [0.3, 0.4) is 0 Å².